The number of aliphatic hydroxyl groups is 3. The van der Waals surface area contributed by atoms with Crippen molar-refractivity contribution in [1.29, 1.82) is 0 Å². The van der Waals surface area contributed by atoms with Gasteiger partial charge in [0.05, 0.1) is 36.0 Å². The van der Waals surface area contributed by atoms with E-state index in [0.717, 1.165) is 11.8 Å². The Morgan fingerprint density at radius 2 is 1.57 bits per heavy atom. The monoisotopic (exact) mass is 972 g/mol. The number of ketones is 1. The van der Waals surface area contributed by atoms with Gasteiger partial charge < -0.3 is 44.3 Å². The number of hydrogen-bond donors (Lipinski definition) is 4. The molecule has 0 radical (unpaired) electrons. The molecule has 2 saturated carbocycles. The van der Waals surface area contributed by atoms with Gasteiger partial charge in [-0.05, 0) is 48.1 Å². The molecule has 3 aliphatic carbocycles. The van der Waals surface area contributed by atoms with E-state index in [0.29, 0.717) is 5.56 Å². The number of Topliss-reactive ketones (excluding diaryl/α,β-unsaturated/α-hetero) is 1. The Labute approximate surface area is 406 Å². The van der Waals surface area contributed by atoms with Crippen LogP contribution in [0.2, 0.25) is 0 Å². The van der Waals surface area contributed by atoms with Crippen molar-refractivity contribution >= 4 is 47.4 Å². The molecule has 12 atom stereocenters. The Kier molecular flexibility index (Phi) is 14.2. The second-order valence-electron chi connectivity index (χ2n) is 21.4. The van der Waals surface area contributed by atoms with Crippen LogP contribution in [0.15, 0.2) is 71.8 Å². The summed E-state index contributed by atoms with van der Waals surface area (Å²) >= 11 is 0. The van der Waals surface area contributed by atoms with Crippen LogP contribution < -0.4 is 5.32 Å². The predicted octanol–water partition coefficient (Wildman–Crippen LogP) is 3.62. The molecule has 1 unspecified atom stereocenters. The van der Waals surface area contributed by atoms with Crippen LogP contribution in [0.4, 0.5) is 0 Å². The van der Waals surface area contributed by atoms with Gasteiger partial charge in [-0.3, -0.25) is 33.7 Å². The van der Waals surface area contributed by atoms with Crippen LogP contribution in [-0.2, 0) is 57.2 Å². The molecule has 3 amide bonds. The van der Waals surface area contributed by atoms with E-state index in [1.807, 2.05) is 20.8 Å². The summed E-state index contributed by atoms with van der Waals surface area (Å²) in [6, 6.07) is 14.5. The Morgan fingerprint density at radius 1 is 0.943 bits per heavy atom. The van der Waals surface area contributed by atoms with Gasteiger partial charge in [0.15, 0.2) is 11.4 Å². The third kappa shape index (κ3) is 9.19. The Balaban J connectivity index is 1.35. The van der Waals surface area contributed by atoms with Crippen molar-refractivity contribution in [2.45, 2.75) is 148 Å². The molecule has 7 rings (SSSR count). The number of carbonyl (C=O) groups is 8. The van der Waals surface area contributed by atoms with Crippen LogP contribution in [-0.4, -0.2) is 129 Å². The number of likely N-dealkylation sites (tertiary alicyclic amines) is 1. The topological polar surface area (TPSA) is 259 Å². The van der Waals surface area contributed by atoms with Crippen LogP contribution >= 0.6 is 0 Å². The minimum absolute atomic E-state index is 0.0239. The van der Waals surface area contributed by atoms with Crippen molar-refractivity contribution in [3.63, 3.8) is 0 Å². The molecular weight excluding hydrogens is 909 g/mol. The van der Waals surface area contributed by atoms with Crippen LogP contribution in [0.1, 0.15) is 116 Å². The number of carbonyl (C=O) groups excluding carboxylic acids is 8. The third-order valence-electron chi connectivity index (χ3n) is 15.1. The number of hydrogen-bond acceptors (Lipinski definition) is 16. The van der Waals surface area contributed by atoms with Gasteiger partial charge in [-0.25, -0.2) is 9.59 Å². The maximum Gasteiger partial charge on any atom is 0.350 e. The fourth-order valence-electron chi connectivity index (χ4n) is 11.4. The lowest BCUT2D eigenvalue weighted by Gasteiger charge is -2.67. The maximum absolute atomic E-state index is 15.2. The second-order valence-corrected chi connectivity index (χ2v) is 21.4. The number of fused-ring (bicyclic) bond motifs is 5. The van der Waals surface area contributed by atoms with E-state index in [-0.39, 0.29) is 49.1 Å². The Morgan fingerprint density at radius 3 is 2.13 bits per heavy atom. The number of ether oxygens (including phenoxy) is 5. The van der Waals surface area contributed by atoms with Crippen LogP contribution in [0.5, 0.6) is 0 Å². The van der Waals surface area contributed by atoms with E-state index >= 15 is 9.59 Å². The smallest absolute Gasteiger partial charge is 0.350 e. The first-order chi connectivity index (χ1) is 32.7. The molecule has 2 aromatic carbocycles. The highest BCUT2D eigenvalue weighted by Gasteiger charge is 2.78. The summed E-state index contributed by atoms with van der Waals surface area (Å²) in [7, 11) is 0. The number of esters is 4. The number of nitrogens with zero attached hydrogens (tertiary/aromatic N) is 1. The maximum atomic E-state index is 15.2. The lowest BCUT2D eigenvalue weighted by atomic mass is 9.44. The zero-order valence-electron chi connectivity index (χ0n) is 41.0. The number of nitrogens with one attached hydrogen (secondary N) is 1. The lowest BCUT2D eigenvalue weighted by Crippen LogP contribution is -2.81. The first-order valence-electron chi connectivity index (χ1n) is 23.7. The summed E-state index contributed by atoms with van der Waals surface area (Å²) in [4.78, 5) is 112. The molecule has 378 valence electrons. The molecule has 2 aliphatic heterocycles. The van der Waals surface area contributed by atoms with Gasteiger partial charge in [0, 0.05) is 50.5 Å². The number of benzene rings is 2. The first-order valence-corrected chi connectivity index (χ1v) is 23.7. The molecule has 2 bridgehead atoms. The van der Waals surface area contributed by atoms with Crippen molar-refractivity contribution in [2.75, 3.05) is 13.2 Å². The highest BCUT2D eigenvalue weighted by molar-refractivity contribution is 6.03. The van der Waals surface area contributed by atoms with Gasteiger partial charge in [0.2, 0.25) is 23.8 Å². The lowest BCUT2D eigenvalue weighted by molar-refractivity contribution is -0.346. The Bertz CT molecular complexity index is 2470. The highest BCUT2D eigenvalue weighted by Crippen LogP contribution is 2.64. The average Bonchev–Trinajstić information content (AvgIpc) is 3.53. The molecule has 2 aromatic rings. The normalized spacial score (nSPS) is 32.2. The fourth-order valence-corrected chi connectivity index (χ4v) is 11.4. The second kappa shape index (κ2) is 19.1. The minimum Gasteiger partial charge on any atom is -0.455 e. The van der Waals surface area contributed by atoms with Crippen molar-refractivity contribution in [1.82, 2.24) is 10.2 Å². The van der Waals surface area contributed by atoms with Gasteiger partial charge in [-0.2, -0.15) is 0 Å². The standard InChI is InChI=1S/C52H64N2O16/c1-27-22-36(58)54(45(27)62)21-20-37(59)68-41(39(30-16-12-10-13-17-30)53-35(57)25-48(4,5)6)47(64)67-32-24-52(65)44(69-46(63)31-18-14-11-15-19-31)42-50(9,43(61)40(60)38(28(32)2)49(52,7)8)33(56)23-34-51(42,26-66-34)70-29(3)55/h10-19,27,32-34,39-42,44,56,60,65H,20-26H2,1-9H3,(H,53,57)/t27?,32-,33+,34-,39+,40-,41-,42-,44+,50-,51+,52-/m1/s1. The van der Waals surface area contributed by atoms with Crippen LogP contribution in [0.3, 0.4) is 0 Å². The van der Waals surface area contributed by atoms with E-state index in [1.165, 1.54) is 39.8 Å². The van der Waals surface area contributed by atoms with Gasteiger partial charge >= 0.3 is 23.9 Å². The van der Waals surface area contributed by atoms with Crippen molar-refractivity contribution in [3.8, 4) is 0 Å². The molecule has 2 heterocycles. The third-order valence-corrected chi connectivity index (χ3v) is 15.1. The number of amides is 3. The first kappa shape index (κ1) is 52.0. The van der Waals surface area contributed by atoms with Crippen LogP contribution in [0, 0.1) is 28.1 Å². The molecule has 18 nitrogen and oxygen atoms in total. The highest BCUT2D eigenvalue weighted by atomic mass is 16.6. The van der Waals surface area contributed by atoms with Gasteiger partial charge in [-0.15, -0.1) is 0 Å². The summed E-state index contributed by atoms with van der Waals surface area (Å²) in [6.07, 6.45) is -11.6. The molecule has 18 heteroatoms. The molecule has 4 fully saturated rings. The zero-order chi connectivity index (χ0) is 51.5. The van der Waals surface area contributed by atoms with Crippen molar-refractivity contribution in [2.24, 2.45) is 28.1 Å². The predicted molar refractivity (Wildman–Crippen MR) is 245 cm³/mol. The number of aliphatic hydroxyl groups excluding tert-OH is 2. The summed E-state index contributed by atoms with van der Waals surface area (Å²) in [5.74, 6) is -8.65. The largest absolute Gasteiger partial charge is 0.455 e. The van der Waals surface area contributed by atoms with E-state index in [9.17, 15) is 44.1 Å². The SMILES string of the molecule is CC(=O)O[C@@]12CO[C@@H]1C[C@H](O)[C@@]1(C)C(=O)[C@H](O)C3=C(C)[C@H](OC(=O)[C@H](OC(=O)CCN4C(=O)CC(C)C4=O)[C@@H](NC(=O)CC(C)(C)C)c4ccccc4)C[C@@](O)([C@@H](OC(=O)c4ccccc4)[C@@H]21)C3(C)C. The minimum atomic E-state index is -2.45. The molecule has 5 aliphatic rings. The van der Waals surface area contributed by atoms with Crippen LogP contribution in [0.25, 0.3) is 0 Å². The summed E-state index contributed by atoms with van der Waals surface area (Å²) < 4.78 is 30.6. The summed E-state index contributed by atoms with van der Waals surface area (Å²) in [5, 5.41) is 41.0. The molecule has 70 heavy (non-hydrogen) atoms. The van der Waals surface area contributed by atoms with Gasteiger partial charge in [0.1, 0.15) is 36.1 Å². The van der Waals surface area contributed by atoms with Crippen molar-refractivity contribution in [3.05, 3.63) is 82.9 Å². The molecule has 2 saturated heterocycles. The van der Waals surface area contributed by atoms with E-state index in [4.69, 9.17) is 23.7 Å². The average molecular weight is 973 g/mol. The molecular formula is C52H64N2O16. The number of rotatable bonds is 13. The quantitative estimate of drug-likeness (QED) is 0.0967. The summed E-state index contributed by atoms with van der Waals surface area (Å²) in [5.41, 5.74) is -8.24. The Hall–Kier alpha value is -5.82. The number of imide groups is 1. The fraction of sp³-hybridized carbons (Fsp3) is 0.577. The van der Waals surface area contributed by atoms with Crippen molar-refractivity contribution < 1.29 is 77.4 Å². The van der Waals surface area contributed by atoms with Gasteiger partial charge in [0.25, 0.3) is 0 Å². The van der Waals surface area contributed by atoms with E-state index in [1.54, 1.807) is 55.5 Å². The molecule has 0 spiro atoms. The molecule has 4 N–H and O–H groups in total. The summed E-state index contributed by atoms with van der Waals surface area (Å²) in [6.45, 7) is 13.4. The molecule has 0 aromatic heterocycles. The van der Waals surface area contributed by atoms with E-state index < -0.39 is 142 Å². The van der Waals surface area contributed by atoms with Gasteiger partial charge in [-0.1, -0.05) is 90.1 Å². The van der Waals surface area contributed by atoms with E-state index in [2.05, 4.69) is 5.32 Å². The zero-order valence-corrected chi connectivity index (χ0v) is 41.0.